The summed E-state index contributed by atoms with van der Waals surface area (Å²) in [5.74, 6) is -1.38. The molecule has 0 saturated heterocycles. The number of nitrogens with one attached hydrogen (secondary N) is 1. The topological polar surface area (TPSA) is 64.6 Å². The molecule has 1 N–H and O–H groups in total. The molecule has 0 unspecified atom stereocenters. The van der Waals surface area contributed by atoms with Gasteiger partial charge in [0, 0.05) is 6.54 Å². The van der Waals surface area contributed by atoms with Crippen molar-refractivity contribution in [2.75, 3.05) is 13.7 Å². The Kier molecular flexibility index (Phi) is 6.10. The SMILES string of the molecule is COC(=O)c1cc(C=CCNC(=O)OC(C)(C)C)ccc1F. The lowest BCUT2D eigenvalue weighted by Crippen LogP contribution is -2.32. The Bertz CT molecular complexity index is 576. The van der Waals surface area contributed by atoms with Crippen molar-refractivity contribution < 1.29 is 23.5 Å². The summed E-state index contributed by atoms with van der Waals surface area (Å²) < 4.78 is 23.0. The van der Waals surface area contributed by atoms with Crippen LogP contribution in [0.5, 0.6) is 0 Å². The highest BCUT2D eigenvalue weighted by molar-refractivity contribution is 5.90. The van der Waals surface area contributed by atoms with E-state index in [4.69, 9.17) is 4.74 Å². The van der Waals surface area contributed by atoms with Crippen molar-refractivity contribution in [2.45, 2.75) is 26.4 Å². The van der Waals surface area contributed by atoms with Gasteiger partial charge in [0.2, 0.25) is 0 Å². The number of methoxy groups -OCH3 is 1. The fourth-order valence-electron chi connectivity index (χ4n) is 1.56. The highest BCUT2D eigenvalue weighted by Gasteiger charge is 2.15. The molecule has 0 spiro atoms. The molecule has 0 atom stereocenters. The zero-order valence-electron chi connectivity index (χ0n) is 13.1. The van der Waals surface area contributed by atoms with Crippen molar-refractivity contribution in [3.8, 4) is 0 Å². The van der Waals surface area contributed by atoms with Crippen molar-refractivity contribution in [1.82, 2.24) is 5.32 Å². The summed E-state index contributed by atoms with van der Waals surface area (Å²) in [5.41, 5.74) is -0.0716. The van der Waals surface area contributed by atoms with Crippen LogP contribution in [0.2, 0.25) is 0 Å². The van der Waals surface area contributed by atoms with Gasteiger partial charge in [-0.3, -0.25) is 0 Å². The minimum atomic E-state index is -0.736. The van der Waals surface area contributed by atoms with Crippen LogP contribution in [0, 0.1) is 5.82 Å². The van der Waals surface area contributed by atoms with Gasteiger partial charge in [0.25, 0.3) is 0 Å². The molecule has 1 aromatic carbocycles. The molecule has 22 heavy (non-hydrogen) atoms. The minimum Gasteiger partial charge on any atom is -0.465 e. The molecule has 0 bridgehead atoms. The number of carbonyl (C=O) groups is 2. The summed E-state index contributed by atoms with van der Waals surface area (Å²) in [7, 11) is 1.19. The molecule has 1 rings (SSSR count). The molecule has 5 nitrogen and oxygen atoms in total. The number of hydrogen-bond acceptors (Lipinski definition) is 4. The Hall–Kier alpha value is -2.37. The van der Waals surface area contributed by atoms with Crippen LogP contribution in [0.25, 0.3) is 6.08 Å². The Morgan fingerprint density at radius 2 is 2.00 bits per heavy atom. The van der Waals surface area contributed by atoms with Crippen LogP contribution in [0.15, 0.2) is 24.3 Å². The standard InChI is InChI=1S/C16H20FNO4/c1-16(2,3)22-15(20)18-9-5-6-11-7-8-13(17)12(10-11)14(19)21-4/h5-8,10H,9H2,1-4H3,(H,18,20). The Labute approximate surface area is 129 Å². The van der Waals surface area contributed by atoms with Gasteiger partial charge in [0.15, 0.2) is 0 Å². The number of esters is 1. The van der Waals surface area contributed by atoms with Crippen LogP contribution in [0.3, 0.4) is 0 Å². The monoisotopic (exact) mass is 309 g/mol. The molecule has 6 heteroatoms. The second kappa shape index (κ2) is 7.59. The van der Waals surface area contributed by atoms with Crippen LogP contribution >= 0.6 is 0 Å². The second-order valence-corrected chi connectivity index (χ2v) is 5.52. The largest absolute Gasteiger partial charge is 0.465 e. The molecule has 0 radical (unpaired) electrons. The van der Waals surface area contributed by atoms with Crippen LogP contribution in [-0.2, 0) is 9.47 Å². The van der Waals surface area contributed by atoms with Crippen LogP contribution in [-0.4, -0.2) is 31.3 Å². The number of benzene rings is 1. The maximum absolute atomic E-state index is 13.5. The van der Waals surface area contributed by atoms with Gasteiger partial charge in [0.1, 0.15) is 11.4 Å². The molecule has 0 saturated carbocycles. The van der Waals surface area contributed by atoms with Gasteiger partial charge >= 0.3 is 12.1 Å². The maximum Gasteiger partial charge on any atom is 0.407 e. The highest BCUT2D eigenvalue weighted by atomic mass is 19.1. The van der Waals surface area contributed by atoms with Gasteiger partial charge in [-0.2, -0.15) is 0 Å². The first kappa shape index (κ1) is 17.7. The average molecular weight is 309 g/mol. The van der Waals surface area contributed by atoms with Crippen LogP contribution < -0.4 is 5.32 Å². The number of ether oxygens (including phenoxy) is 2. The number of rotatable bonds is 4. The molecule has 1 amide bonds. The Morgan fingerprint density at radius 3 is 2.59 bits per heavy atom. The summed E-state index contributed by atoms with van der Waals surface area (Å²) in [6.45, 7) is 5.57. The zero-order valence-corrected chi connectivity index (χ0v) is 13.1. The van der Waals surface area contributed by atoms with E-state index in [0.717, 1.165) is 0 Å². The van der Waals surface area contributed by atoms with Gasteiger partial charge < -0.3 is 14.8 Å². The third-order valence-corrected chi connectivity index (χ3v) is 2.47. The number of hydrogen-bond donors (Lipinski definition) is 1. The first-order valence-corrected chi connectivity index (χ1v) is 6.74. The summed E-state index contributed by atoms with van der Waals surface area (Å²) in [4.78, 5) is 22.8. The summed E-state index contributed by atoms with van der Waals surface area (Å²) in [6.07, 6.45) is 2.80. The van der Waals surface area contributed by atoms with E-state index in [1.165, 1.54) is 25.3 Å². The normalized spacial score (nSPS) is 11.3. The van der Waals surface area contributed by atoms with E-state index in [1.807, 2.05) is 0 Å². The Balaban J connectivity index is 2.60. The lowest BCUT2D eigenvalue weighted by Gasteiger charge is -2.19. The fourth-order valence-corrected chi connectivity index (χ4v) is 1.56. The van der Waals surface area contributed by atoms with Gasteiger partial charge in [-0.15, -0.1) is 0 Å². The van der Waals surface area contributed by atoms with E-state index in [2.05, 4.69) is 10.1 Å². The van der Waals surface area contributed by atoms with Gasteiger partial charge in [0.05, 0.1) is 12.7 Å². The van der Waals surface area contributed by atoms with E-state index in [-0.39, 0.29) is 12.1 Å². The Morgan fingerprint density at radius 1 is 1.32 bits per heavy atom. The molecular weight excluding hydrogens is 289 g/mol. The van der Waals surface area contributed by atoms with Crippen molar-refractivity contribution in [2.24, 2.45) is 0 Å². The number of halogens is 1. The molecule has 1 aromatic rings. The minimum absolute atomic E-state index is 0.134. The summed E-state index contributed by atoms with van der Waals surface area (Å²) in [6, 6.07) is 4.09. The predicted octanol–water partition coefficient (Wildman–Crippen LogP) is 3.15. The van der Waals surface area contributed by atoms with Crippen molar-refractivity contribution in [3.05, 3.63) is 41.2 Å². The lowest BCUT2D eigenvalue weighted by molar-refractivity contribution is 0.0532. The van der Waals surface area contributed by atoms with Gasteiger partial charge in [-0.05, 0) is 38.5 Å². The average Bonchev–Trinajstić information content (AvgIpc) is 2.42. The first-order chi connectivity index (χ1) is 10.2. The molecule has 0 aliphatic rings. The quantitative estimate of drug-likeness (QED) is 0.868. The third-order valence-electron chi connectivity index (χ3n) is 2.47. The molecule has 0 fully saturated rings. The van der Waals surface area contributed by atoms with E-state index in [0.29, 0.717) is 5.56 Å². The highest BCUT2D eigenvalue weighted by Crippen LogP contribution is 2.13. The van der Waals surface area contributed by atoms with Crippen molar-refractivity contribution >= 4 is 18.1 Å². The summed E-state index contributed by atoms with van der Waals surface area (Å²) in [5, 5.41) is 2.56. The first-order valence-electron chi connectivity index (χ1n) is 6.74. The zero-order chi connectivity index (χ0) is 16.8. The second-order valence-electron chi connectivity index (χ2n) is 5.52. The number of alkyl carbamates (subject to hydrolysis) is 1. The van der Waals surface area contributed by atoms with E-state index >= 15 is 0 Å². The summed E-state index contributed by atoms with van der Waals surface area (Å²) >= 11 is 0. The number of amides is 1. The van der Waals surface area contributed by atoms with E-state index in [9.17, 15) is 14.0 Å². The lowest BCUT2D eigenvalue weighted by atomic mass is 10.1. The van der Waals surface area contributed by atoms with Gasteiger partial charge in [-0.25, -0.2) is 14.0 Å². The van der Waals surface area contributed by atoms with Gasteiger partial charge in [-0.1, -0.05) is 18.2 Å². The molecule has 0 heterocycles. The third kappa shape index (κ3) is 5.95. The van der Waals surface area contributed by atoms with Crippen molar-refractivity contribution in [1.29, 1.82) is 0 Å². The van der Waals surface area contributed by atoms with Crippen LogP contribution in [0.4, 0.5) is 9.18 Å². The molecule has 0 aromatic heterocycles. The number of carbonyl (C=O) groups excluding carboxylic acids is 2. The molecular formula is C16H20FNO4. The molecule has 0 aliphatic heterocycles. The van der Waals surface area contributed by atoms with Crippen LogP contribution in [0.1, 0.15) is 36.7 Å². The van der Waals surface area contributed by atoms with Crippen molar-refractivity contribution in [3.63, 3.8) is 0 Å². The van der Waals surface area contributed by atoms with E-state index in [1.54, 1.807) is 32.9 Å². The molecule has 0 aliphatic carbocycles. The fraction of sp³-hybridized carbons (Fsp3) is 0.375. The van der Waals surface area contributed by atoms with E-state index < -0.39 is 23.5 Å². The predicted molar refractivity (Wildman–Crippen MR) is 81.0 cm³/mol. The maximum atomic E-state index is 13.5. The molecule has 120 valence electrons. The smallest absolute Gasteiger partial charge is 0.407 e.